The monoisotopic (exact) mass is 446 g/mol. The van der Waals surface area contributed by atoms with Crippen molar-refractivity contribution in [3.8, 4) is 5.82 Å². The van der Waals surface area contributed by atoms with Crippen LogP contribution in [0, 0.1) is 6.92 Å². The van der Waals surface area contributed by atoms with E-state index in [-0.39, 0.29) is 4.21 Å². The van der Waals surface area contributed by atoms with Crippen LogP contribution in [0.25, 0.3) is 5.82 Å². The van der Waals surface area contributed by atoms with Crippen molar-refractivity contribution < 1.29 is 8.42 Å². The van der Waals surface area contributed by atoms with Crippen LogP contribution in [-0.4, -0.2) is 28.2 Å². The predicted molar refractivity (Wildman–Crippen MR) is 114 cm³/mol. The summed E-state index contributed by atoms with van der Waals surface area (Å²) in [5, 5.41) is 7.36. The lowest BCUT2D eigenvalue weighted by Crippen LogP contribution is -2.11. The molecule has 0 atom stereocenters. The number of thiophene rings is 1. The van der Waals surface area contributed by atoms with E-state index in [1.54, 1.807) is 60.4 Å². The molecule has 8 nitrogen and oxygen atoms in total. The van der Waals surface area contributed by atoms with Gasteiger partial charge in [0.15, 0.2) is 5.82 Å². The molecule has 0 aliphatic heterocycles. The molecular weight excluding hydrogens is 432 g/mol. The fraction of sp³-hybridized carbons (Fsp3) is 0.0556. The molecule has 0 unspecified atom stereocenters. The highest BCUT2D eigenvalue weighted by atomic mass is 35.5. The van der Waals surface area contributed by atoms with E-state index in [4.69, 9.17) is 11.6 Å². The maximum absolute atomic E-state index is 12.4. The van der Waals surface area contributed by atoms with E-state index in [9.17, 15) is 8.42 Å². The largest absolute Gasteiger partial charge is 0.340 e. The first-order valence-corrected chi connectivity index (χ1v) is 11.1. The number of sulfonamides is 1. The summed E-state index contributed by atoms with van der Waals surface area (Å²) in [4.78, 5) is 8.74. The minimum absolute atomic E-state index is 0.160. The average molecular weight is 447 g/mol. The zero-order chi connectivity index (χ0) is 20.4. The van der Waals surface area contributed by atoms with Crippen LogP contribution in [0.1, 0.15) is 5.82 Å². The Morgan fingerprint density at radius 2 is 1.83 bits per heavy atom. The van der Waals surface area contributed by atoms with E-state index in [0.29, 0.717) is 27.5 Å². The summed E-state index contributed by atoms with van der Waals surface area (Å²) in [6.45, 7) is 1.80. The SMILES string of the molecule is Cc1nc(Nc2ccc(NS(=O)(=O)c3ccc(Cl)s3)cc2)cc(-n2cccn2)n1. The molecule has 2 N–H and O–H groups in total. The van der Waals surface area contributed by atoms with Crippen LogP contribution in [0.4, 0.5) is 17.2 Å². The summed E-state index contributed by atoms with van der Waals surface area (Å²) in [7, 11) is -3.67. The second kappa shape index (κ2) is 7.82. The Morgan fingerprint density at radius 1 is 1.07 bits per heavy atom. The maximum Gasteiger partial charge on any atom is 0.271 e. The molecule has 0 spiro atoms. The number of halogens is 1. The Bertz CT molecular complexity index is 1240. The Hall–Kier alpha value is -2.95. The molecule has 0 bridgehead atoms. The van der Waals surface area contributed by atoms with Crippen molar-refractivity contribution in [3.63, 3.8) is 0 Å². The number of aryl methyl sites for hydroxylation is 1. The van der Waals surface area contributed by atoms with Gasteiger partial charge in [-0.05, 0) is 49.4 Å². The van der Waals surface area contributed by atoms with Gasteiger partial charge >= 0.3 is 0 Å². The van der Waals surface area contributed by atoms with Crippen LogP contribution < -0.4 is 10.0 Å². The Labute approximate surface area is 176 Å². The van der Waals surface area contributed by atoms with Crippen molar-refractivity contribution in [2.24, 2.45) is 0 Å². The van der Waals surface area contributed by atoms with Crippen molar-refractivity contribution in [2.75, 3.05) is 10.0 Å². The highest BCUT2D eigenvalue weighted by Gasteiger charge is 2.16. The van der Waals surface area contributed by atoms with Crippen molar-refractivity contribution in [3.05, 3.63) is 71.1 Å². The lowest BCUT2D eigenvalue weighted by atomic mass is 10.3. The summed E-state index contributed by atoms with van der Waals surface area (Å²) in [5.41, 5.74) is 1.19. The minimum atomic E-state index is -3.67. The van der Waals surface area contributed by atoms with Gasteiger partial charge in [-0.25, -0.2) is 23.1 Å². The molecule has 0 fully saturated rings. The summed E-state index contributed by atoms with van der Waals surface area (Å²) in [5.74, 6) is 1.84. The lowest BCUT2D eigenvalue weighted by Gasteiger charge is -2.10. The van der Waals surface area contributed by atoms with Crippen molar-refractivity contribution in [2.45, 2.75) is 11.1 Å². The Morgan fingerprint density at radius 3 is 2.48 bits per heavy atom. The van der Waals surface area contributed by atoms with Gasteiger partial charge in [-0.1, -0.05) is 11.6 Å². The van der Waals surface area contributed by atoms with Gasteiger partial charge in [-0.2, -0.15) is 5.10 Å². The summed E-state index contributed by atoms with van der Waals surface area (Å²) in [6.07, 6.45) is 3.47. The van der Waals surface area contributed by atoms with Crippen molar-refractivity contribution >= 4 is 50.2 Å². The summed E-state index contributed by atoms with van der Waals surface area (Å²) < 4.78 is 29.5. The molecule has 0 saturated carbocycles. The fourth-order valence-corrected chi connectivity index (χ4v) is 5.10. The van der Waals surface area contributed by atoms with Crippen molar-refractivity contribution in [1.29, 1.82) is 0 Å². The first-order chi connectivity index (χ1) is 13.9. The molecule has 0 aliphatic carbocycles. The van der Waals surface area contributed by atoms with Gasteiger partial charge in [0.2, 0.25) is 0 Å². The van der Waals surface area contributed by atoms with Crippen LogP contribution in [0.5, 0.6) is 0 Å². The number of hydrogen-bond acceptors (Lipinski definition) is 7. The van der Waals surface area contributed by atoms with Crippen molar-refractivity contribution in [1.82, 2.24) is 19.7 Å². The van der Waals surface area contributed by atoms with Gasteiger partial charge in [-0.3, -0.25) is 4.72 Å². The number of rotatable bonds is 6. The van der Waals surface area contributed by atoms with Crippen LogP contribution in [0.3, 0.4) is 0 Å². The van der Waals surface area contributed by atoms with Gasteiger partial charge in [0.1, 0.15) is 15.9 Å². The molecule has 0 radical (unpaired) electrons. The Balaban J connectivity index is 1.50. The third-order valence-corrected chi connectivity index (χ3v) is 6.89. The molecule has 11 heteroatoms. The van der Waals surface area contributed by atoms with Gasteiger partial charge in [-0.15, -0.1) is 11.3 Å². The van der Waals surface area contributed by atoms with E-state index in [1.807, 2.05) is 6.07 Å². The minimum Gasteiger partial charge on any atom is -0.340 e. The molecule has 29 heavy (non-hydrogen) atoms. The van der Waals surface area contributed by atoms with Crippen LogP contribution in [-0.2, 0) is 10.0 Å². The van der Waals surface area contributed by atoms with Gasteiger partial charge in [0.25, 0.3) is 10.0 Å². The molecule has 0 amide bonds. The highest BCUT2D eigenvalue weighted by Crippen LogP contribution is 2.27. The summed E-state index contributed by atoms with van der Waals surface area (Å²) in [6, 6.07) is 13.4. The van der Waals surface area contributed by atoms with Gasteiger partial charge in [0, 0.05) is 29.8 Å². The van der Waals surface area contributed by atoms with Crippen LogP contribution in [0.2, 0.25) is 4.34 Å². The topological polar surface area (TPSA) is 102 Å². The first-order valence-electron chi connectivity index (χ1n) is 8.40. The average Bonchev–Trinajstić information content (AvgIpc) is 3.35. The van der Waals surface area contributed by atoms with Crippen LogP contribution >= 0.6 is 22.9 Å². The van der Waals surface area contributed by atoms with E-state index in [2.05, 4.69) is 25.1 Å². The van der Waals surface area contributed by atoms with Crippen LogP contribution in [0.15, 0.2) is 65.1 Å². The molecule has 148 valence electrons. The first kappa shape index (κ1) is 19.4. The third-order valence-electron chi connectivity index (χ3n) is 3.79. The second-order valence-corrected chi connectivity index (χ2v) is 9.60. The molecule has 4 rings (SSSR count). The standard InChI is InChI=1S/C18H15ClN6O2S2/c1-12-21-16(11-17(22-12)25-10-2-9-20-25)23-13-3-5-14(6-4-13)24-29(26,27)18-8-7-15(19)28-18/h2-11,24H,1H3,(H,21,22,23). The van der Waals surface area contributed by atoms with E-state index >= 15 is 0 Å². The predicted octanol–water partition coefficient (Wildman–Crippen LogP) is 4.23. The molecule has 3 aromatic heterocycles. The Kier molecular flexibility index (Phi) is 5.22. The van der Waals surface area contributed by atoms with E-state index in [0.717, 1.165) is 17.0 Å². The quantitative estimate of drug-likeness (QED) is 0.459. The van der Waals surface area contributed by atoms with Gasteiger partial charge < -0.3 is 5.32 Å². The zero-order valence-electron chi connectivity index (χ0n) is 15.1. The number of benzene rings is 1. The third kappa shape index (κ3) is 4.56. The lowest BCUT2D eigenvalue weighted by molar-refractivity contribution is 0.603. The normalized spacial score (nSPS) is 11.4. The molecule has 3 heterocycles. The number of hydrogen-bond donors (Lipinski definition) is 2. The second-order valence-electron chi connectivity index (χ2n) is 5.98. The number of aromatic nitrogens is 4. The number of nitrogens with zero attached hydrogens (tertiary/aromatic N) is 4. The summed E-state index contributed by atoms with van der Waals surface area (Å²) >= 11 is 6.83. The molecule has 0 saturated heterocycles. The fourth-order valence-electron chi connectivity index (χ4n) is 2.55. The van der Waals surface area contributed by atoms with E-state index in [1.165, 1.54) is 6.07 Å². The maximum atomic E-state index is 12.4. The smallest absolute Gasteiger partial charge is 0.271 e. The molecule has 0 aliphatic rings. The molecular formula is C18H15ClN6O2S2. The molecule has 1 aromatic carbocycles. The highest BCUT2D eigenvalue weighted by molar-refractivity contribution is 7.94. The zero-order valence-corrected chi connectivity index (χ0v) is 17.5. The number of anilines is 3. The molecule has 4 aromatic rings. The number of nitrogens with one attached hydrogen (secondary N) is 2. The van der Waals surface area contributed by atoms with Gasteiger partial charge in [0.05, 0.1) is 4.34 Å². The van der Waals surface area contributed by atoms with E-state index < -0.39 is 10.0 Å².